The molecular formula is C26H28FN3O3S. The largest absolute Gasteiger partial charge is 0.322 e. The lowest BCUT2D eigenvalue weighted by Gasteiger charge is -2.14. The van der Waals surface area contributed by atoms with E-state index in [2.05, 4.69) is 14.9 Å². The molecule has 0 aromatic heterocycles. The van der Waals surface area contributed by atoms with Crippen LogP contribution in [0.25, 0.3) is 0 Å². The molecule has 1 heterocycles. The predicted octanol–water partition coefficient (Wildman–Crippen LogP) is 4.83. The Labute approximate surface area is 199 Å². The van der Waals surface area contributed by atoms with Gasteiger partial charge in [0.25, 0.3) is 15.9 Å². The lowest BCUT2D eigenvalue weighted by atomic mass is 10.1. The second-order valence-electron chi connectivity index (χ2n) is 8.55. The van der Waals surface area contributed by atoms with Crippen LogP contribution in [0.5, 0.6) is 0 Å². The molecule has 0 unspecified atom stereocenters. The Morgan fingerprint density at radius 2 is 1.71 bits per heavy atom. The Hall–Kier alpha value is -3.23. The van der Waals surface area contributed by atoms with Crippen molar-refractivity contribution in [1.82, 2.24) is 4.90 Å². The summed E-state index contributed by atoms with van der Waals surface area (Å²) in [5.41, 5.74) is 2.75. The Kier molecular flexibility index (Phi) is 7.29. The number of carbonyl (C=O) groups is 1. The predicted molar refractivity (Wildman–Crippen MR) is 132 cm³/mol. The number of halogens is 1. The minimum atomic E-state index is -4.00. The van der Waals surface area contributed by atoms with Crippen LogP contribution in [0.1, 0.15) is 34.3 Å². The molecule has 1 aliphatic heterocycles. The van der Waals surface area contributed by atoms with Crippen LogP contribution in [0.2, 0.25) is 0 Å². The van der Waals surface area contributed by atoms with Gasteiger partial charge >= 0.3 is 0 Å². The number of nitrogens with one attached hydrogen (secondary N) is 2. The molecule has 0 bridgehead atoms. The summed E-state index contributed by atoms with van der Waals surface area (Å²) in [5, 5.41) is 2.84. The van der Waals surface area contributed by atoms with E-state index in [1.165, 1.54) is 55.8 Å². The lowest BCUT2D eigenvalue weighted by Crippen LogP contribution is -2.21. The van der Waals surface area contributed by atoms with E-state index in [0.717, 1.165) is 19.0 Å². The Morgan fingerprint density at radius 3 is 2.41 bits per heavy atom. The van der Waals surface area contributed by atoms with Crippen LogP contribution in [0, 0.1) is 12.7 Å². The van der Waals surface area contributed by atoms with Crippen LogP contribution in [0.15, 0.2) is 71.6 Å². The minimum absolute atomic E-state index is 0.185. The zero-order valence-electron chi connectivity index (χ0n) is 19.1. The van der Waals surface area contributed by atoms with Gasteiger partial charge in [-0.15, -0.1) is 0 Å². The molecule has 1 aliphatic rings. The monoisotopic (exact) mass is 481 g/mol. The average Bonchev–Trinajstić information content (AvgIpc) is 3.34. The molecule has 4 rings (SSSR count). The van der Waals surface area contributed by atoms with Crippen molar-refractivity contribution in [3.05, 3.63) is 89.2 Å². The standard InChI is InChI=1S/C26H28FN3O3S/c1-19-7-12-24(18-25(19)27)34(32,33)29-23-6-4-5-21(17-23)26(31)28-22-10-8-20(9-11-22)13-16-30-14-2-3-15-30/h4-12,17-18,29H,2-3,13-16H2,1H3,(H,28,31). The van der Waals surface area contributed by atoms with Crippen LogP contribution in [-0.2, 0) is 16.4 Å². The summed E-state index contributed by atoms with van der Waals surface area (Å²) >= 11 is 0. The SMILES string of the molecule is Cc1ccc(S(=O)(=O)Nc2cccc(C(=O)Nc3ccc(CCN4CCCC4)cc3)c2)cc1F. The van der Waals surface area contributed by atoms with Gasteiger partial charge in [-0.2, -0.15) is 0 Å². The first-order valence-electron chi connectivity index (χ1n) is 11.3. The first-order chi connectivity index (χ1) is 16.3. The first kappa shape index (κ1) is 23.9. The fourth-order valence-corrected chi connectivity index (χ4v) is 4.99. The molecule has 34 heavy (non-hydrogen) atoms. The number of hydrogen-bond donors (Lipinski definition) is 2. The Balaban J connectivity index is 1.39. The van der Waals surface area contributed by atoms with Crippen LogP contribution in [0.3, 0.4) is 0 Å². The summed E-state index contributed by atoms with van der Waals surface area (Å²) in [6.45, 7) is 4.95. The van der Waals surface area contributed by atoms with Crippen molar-refractivity contribution < 1.29 is 17.6 Å². The van der Waals surface area contributed by atoms with E-state index in [1.807, 2.05) is 24.3 Å². The Morgan fingerprint density at radius 1 is 0.971 bits per heavy atom. The highest BCUT2D eigenvalue weighted by Crippen LogP contribution is 2.20. The van der Waals surface area contributed by atoms with Crippen molar-refractivity contribution in [3.8, 4) is 0 Å². The summed E-state index contributed by atoms with van der Waals surface area (Å²) in [6, 6.07) is 17.7. The van der Waals surface area contributed by atoms with Gasteiger partial charge < -0.3 is 10.2 Å². The number of anilines is 2. The number of sulfonamides is 1. The minimum Gasteiger partial charge on any atom is -0.322 e. The third kappa shape index (κ3) is 6.01. The van der Waals surface area contributed by atoms with Gasteiger partial charge in [0.05, 0.1) is 4.90 Å². The molecule has 0 atom stereocenters. The highest BCUT2D eigenvalue weighted by Gasteiger charge is 2.17. The second-order valence-corrected chi connectivity index (χ2v) is 10.2. The maximum atomic E-state index is 13.8. The third-order valence-corrected chi connectivity index (χ3v) is 7.34. The van der Waals surface area contributed by atoms with E-state index in [-0.39, 0.29) is 16.5 Å². The van der Waals surface area contributed by atoms with Crippen molar-refractivity contribution in [3.63, 3.8) is 0 Å². The van der Waals surface area contributed by atoms with Gasteiger partial charge in [0.15, 0.2) is 0 Å². The van der Waals surface area contributed by atoms with Gasteiger partial charge in [0.1, 0.15) is 5.82 Å². The Bertz CT molecular complexity index is 1270. The zero-order valence-corrected chi connectivity index (χ0v) is 19.9. The number of hydrogen-bond acceptors (Lipinski definition) is 4. The van der Waals surface area contributed by atoms with Crippen LogP contribution in [0.4, 0.5) is 15.8 Å². The number of carbonyl (C=O) groups excluding carboxylic acids is 1. The van der Waals surface area contributed by atoms with Crippen molar-refractivity contribution in [2.45, 2.75) is 31.1 Å². The topological polar surface area (TPSA) is 78.5 Å². The average molecular weight is 482 g/mol. The number of nitrogens with zero attached hydrogens (tertiary/aromatic N) is 1. The molecule has 0 radical (unpaired) electrons. The molecule has 0 saturated carbocycles. The van der Waals surface area contributed by atoms with Gasteiger partial charge in [0.2, 0.25) is 0 Å². The summed E-state index contributed by atoms with van der Waals surface area (Å²) in [6.07, 6.45) is 3.53. The van der Waals surface area contributed by atoms with Gasteiger partial charge in [-0.3, -0.25) is 9.52 Å². The number of aryl methyl sites for hydroxylation is 1. The van der Waals surface area contributed by atoms with Crippen molar-refractivity contribution >= 4 is 27.3 Å². The van der Waals surface area contributed by atoms with Gasteiger partial charge in [-0.05, 0) is 92.9 Å². The normalized spacial score (nSPS) is 14.2. The molecule has 0 aliphatic carbocycles. The molecule has 2 N–H and O–H groups in total. The molecule has 3 aromatic carbocycles. The molecule has 1 amide bonds. The van der Waals surface area contributed by atoms with Crippen molar-refractivity contribution in [1.29, 1.82) is 0 Å². The number of amides is 1. The van der Waals surface area contributed by atoms with Gasteiger partial charge in [-0.1, -0.05) is 24.3 Å². The first-order valence-corrected chi connectivity index (χ1v) is 12.8. The molecule has 6 nitrogen and oxygen atoms in total. The highest BCUT2D eigenvalue weighted by molar-refractivity contribution is 7.92. The quantitative estimate of drug-likeness (QED) is 0.483. The molecule has 1 fully saturated rings. The fraction of sp³-hybridized carbons (Fsp3) is 0.269. The lowest BCUT2D eigenvalue weighted by molar-refractivity contribution is 0.102. The maximum Gasteiger partial charge on any atom is 0.261 e. The number of rotatable bonds is 8. The molecule has 3 aromatic rings. The smallest absolute Gasteiger partial charge is 0.261 e. The summed E-state index contributed by atoms with van der Waals surface area (Å²) in [7, 11) is -4.00. The second kappa shape index (κ2) is 10.4. The van der Waals surface area contributed by atoms with Gasteiger partial charge in [-0.25, -0.2) is 12.8 Å². The third-order valence-electron chi connectivity index (χ3n) is 5.96. The summed E-state index contributed by atoms with van der Waals surface area (Å²) < 4.78 is 41.5. The van der Waals surface area contributed by atoms with Crippen molar-refractivity contribution in [2.24, 2.45) is 0 Å². The van der Waals surface area contributed by atoms with Gasteiger partial charge in [0, 0.05) is 23.5 Å². The van der Waals surface area contributed by atoms with E-state index in [0.29, 0.717) is 16.8 Å². The molecule has 8 heteroatoms. The van der Waals surface area contributed by atoms with Crippen LogP contribution >= 0.6 is 0 Å². The van der Waals surface area contributed by atoms with E-state index >= 15 is 0 Å². The molecule has 0 spiro atoms. The molecule has 1 saturated heterocycles. The van der Waals surface area contributed by atoms with E-state index in [4.69, 9.17) is 0 Å². The van der Waals surface area contributed by atoms with Crippen molar-refractivity contribution in [2.75, 3.05) is 29.7 Å². The van der Waals surface area contributed by atoms with E-state index in [1.54, 1.807) is 19.1 Å². The number of likely N-dealkylation sites (tertiary alicyclic amines) is 1. The molecular weight excluding hydrogens is 453 g/mol. The molecule has 178 valence electrons. The highest BCUT2D eigenvalue weighted by atomic mass is 32.2. The van der Waals surface area contributed by atoms with Crippen LogP contribution in [-0.4, -0.2) is 38.9 Å². The summed E-state index contributed by atoms with van der Waals surface area (Å²) in [4.78, 5) is 15.0. The fourth-order valence-electron chi connectivity index (χ4n) is 3.93. The van der Waals surface area contributed by atoms with E-state index in [9.17, 15) is 17.6 Å². The number of benzene rings is 3. The zero-order chi connectivity index (χ0) is 24.1. The summed E-state index contributed by atoms with van der Waals surface area (Å²) in [5.74, 6) is -0.953. The van der Waals surface area contributed by atoms with E-state index < -0.39 is 15.8 Å². The van der Waals surface area contributed by atoms with Crippen LogP contribution < -0.4 is 10.0 Å². The maximum absolute atomic E-state index is 13.8.